The zero-order chi connectivity index (χ0) is 9.97. The molecular weight excluding hydrogens is 194 g/mol. The van der Waals surface area contributed by atoms with Crippen LogP contribution in [-0.2, 0) is 6.54 Å². The molecule has 0 saturated carbocycles. The summed E-state index contributed by atoms with van der Waals surface area (Å²) in [4.78, 5) is 8.16. The molecule has 1 fully saturated rings. The van der Waals surface area contributed by atoms with Gasteiger partial charge in [-0.15, -0.1) is 11.3 Å². The summed E-state index contributed by atoms with van der Waals surface area (Å²) >= 11 is 1.81. The Hall–Kier alpha value is -0.450. The number of hydrogen-bond donors (Lipinski definition) is 1. The highest BCUT2D eigenvalue weighted by atomic mass is 32.1. The molecule has 3 nitrogen and oxygen atoms in total. The second kappa shape index (κ2) is 4.38. The van der Waals surface area contributed by atoms with Gasteiger partial charge < -0.3 is 5.32 Å². The quantitative estimate of drug-likeness (QED) is 0.798. The van der Waals surface area contributed by atoms with E-state index in [0.29, 0.717) is 6.04 Å². The standard InChI is InChI=1S/C10H17N3S/c1-8-6-13(4-3-11-8)7-10-5-12-9(2)14-10/h5,8,11H,3-4,6-7H2,1-2H3/t8-/m1/s1. The number of nitrogens with one attached hydrogen (secondary N) is 1. The van der Waals surface area contributed by atoms with Crippen molar-refractivity contribution in [3.8, 4) is 0 Å². The van der Waals surface area contributed by atoms with E-state index in [2.05, 4.69) is 29.0 Å². The van der Waals surface area contributed by atoms with Crippen LogP contribution in [0.3, 0.4) is 0 Å². The molecule has 2 heterocycles. The van der Waals surface area contributed by atoms with Crippen LogP contribution in [0.5, 0.6) is 0 Å². The van der Waals surface area contributed by atoms with Crippen LogP contribution in [0.1, 0.15) is 16.8 Å². The molecule has 0 aliphatic carbocycles. The fourth-order valence-electron chi connectivity index (χ4n) is 1.85. The molecule has 1 atom stereocenters. The lowest BCUT2D eigenvalue weighted by atomic mass is 10.2. The highest BCUT2D eigenvalue weighted by Crippen LogP contribution is 2.14. The number of aryl methyl sites for hydroxylation is 1. The van der Waals surface area contributed by atoms with E-state index in [1.807, 2.05) is 17.5 Å². The van der Waals surface area contributed by atoms with E-state index in [-0.39, 0.29) is 0 Å². The maximum atomic E-state index is 4.28. The van der Waals surface area contributed by atoms with Crippen molar-refractivity contribution in [2.75, 3.05) is 19.6 Å². The van der Waals surface area contributed by atoms with Crippen LogP contribution in [-0.4, -0.2) is 35.6 Å². The maximum absolute atomic E-state index is 4.28. The van der Waals surface area contributed by atoms with Gasteiger partial charge in [-0.2, -0.15) is 0 Å². The lowest BCUT2D eigenvalue weighted by molar-refractivity contribution is 0.201. The monoisotopic (exact) mass is 211 g/mol. The Morgan fingerprint density at radius 3 is 3.21 bits per heavy atom. The van der Waals surface area contributed by atoms with Gasteiger partial charge in [0.05, 0.1) is 5.01 Å². The van der Waals surface area contributed by atoms with Gasteiger partial charge in [0.25, 0.3) is 0 Å². The second-order valence-electron chi connectivity index (χ2n) is 3.94. The number of rotatable bonds is 2. The molecule has 0 aromatic carbocycles. The molecule has 0 bridgehead atoms. The molecule has 1 saturated heterocycles. The zero-order valence-corrected chi connectivity index (χ0v) is 9.60. The van der Waals surface area contributed by atoms with Gasteiger partial charge in [-0.1, -0.05) is 0 Å². The molecule has 0 radical (unpaired) electrons. The van der Waals surface area contributed by atoms with Gasteiger partial charge in [0.2, 0.25) is 0 Å². The molecular formula is C10H17N3S. The van der Waals surface area contributed by atoms with Gasteiger partial charge in [-0.05, 0) is 13.8 Å². The van der Waals surface area contributed by atoms with E-state index in [1.165, 1.54) is 9.88 Å². The SMILES string of the molecule is Cc1ncc(CN2CCN[C@H](C)C2)s1. The van der Waals surface area contributed by atoms with Crippen LogP contribution < -0.4 is 5.32 Å². The van der Waals surface area contributed by atoms with Crippen LogP contribution in [0.15, 0.2) is 6.20 Å². The van der Waals surface area contributed by atoms with E-state index in [9.17, 15) is 0 Å². The lowest BCUT2D eigenvalue weighted by Crippen LogP contribution is -2.48. The van der Waals surface area contributed by atoms with Crippen LogP contribution in [0.2, 0.25) is 0 Å². The smallest absolute Gasteiger partial charge is 0.0897 e. The van der Waals surface area contributed by atoms with Gasteiger partial charge in [0.1, 0.15) is 0 Å². The number of piperazine rings is 1. The number of nitrogens with zero attached hydrogens (tertiary/aromatic N) is 2. The fraction of sp³-hybridized carbons (Fsp3) is 0.700. The summed E-state index contributed by atoms with van der Waals surface area (Å²) in [5, 5.41) is 4.62. The minimum atomic E-state index is 0.623. The first-order valence-electron chi connectivity index (χ1n) is 5.11. The van der Waals surface area contributed by atoms with Crippen molar-refractivity contribution in [2.24, 2.45) is 0 Å². The molecule has 0 amide bonds. The van der Waals surface area contributed by atoms with Gasteiger partial charge in [0.15, 0.2) is 0 Å². The molecule has 1 aromatic rings. The average Bonchev–Trinajstić information content (AvgIpc) is 2.51. The highest BCUT2D eigenvalue weighted by Gasteiger charge is 2.15. The van der Waals surface area contributed by atoms with Crippen molar-refractivity contribution in [3.05, 3.63) is 16.1 Å². The maximum Gasteiger partial charge on any atom is 0.0897 e. The molecule has 1 aliphatic heterocycles. The third-order valence-corrected chi connectivity index (χ3v) is 3.40. The first-order valence-corrected chi connectivity index (χ1v) is 5.93. The molecule has 1 aliphatic rings. The Bertz CT molecular complexity index is 297. The molecule has 0 spiro atoms. The van der Waals surface area contributed by atoms with E-state index in [1.54, 1.807) is 0 Å². The second-order valence-corrected chi connectivity index (χ2v) is 5.26. The van der Waals surface area contributed by atoms with Gasteiger partial charge in [-0.25, -0.2) is 4.98 Å². The average molecular weight is 211 g/mol. The number of aromatic nitrogens is 1. The molecule has 0 unspecified atom stereocenters. The topological polar surface area (TPSA) is 28.2 Å². The summed E-state index contributed by atoms with van der Waals surface area (Å²) in [5.74, 6) is 0. The molecule has 1 N–H and O–H groups in total. The zero-order valence-electron chi connectivity index (χ0n) is 8.79. The predicted octanol–water partition coefficient (Wildman–Crippen LogP) is 1.25. The van der Waals surface area contributed by atoms with E-state index in [4.69, 9.17) is 0 Å². The lowest BCUT2D eigenvalue weighted by Gasteiger charge is -2.31. The van der Waals surface area contributed by atoms with Crippen molar-refractivity contribution < 1.29 is 0 Å². The van der Waals surface area contributed by atoms with Gasteiger partial charge in [0, 0.05) is 43.3 Å². The summed E-state index contributed by atoms with van der Waals surface area (Å²) in [6.07, 6.45) is 2.01. The molecule has 1 aromatic heterocycles. The number of thiazole rings is 1. The summed E-state index contributed by atoms with van der Waals surface area (Å²) in [7, 11) is 0. The Balaban J connectivity index is 1.90. The van der Waals surface area contributed by atoms with Crippen LogP contribution in [0, 0.1) is 6.92 Å². The van der Waals surface area contributed by atoms with E-state index < -0.39 is 0 Å². The Morgan fingerprint density at radius 2 is 2.57 bits per heavy atom. The molecule has 4 heteroatoms. The van der Waals surface area contributed by atoms with Crippen molar-refractivity contribution in [1.82, 2.24) is 15.2 Å². The Kier molecular flexibility index (Phi) is 3.15. The van der Waals surface area contributed by atoms with E-state index in [0.717, 1.165) is 26.2 Å². The molecule has 78 valence electrons. The normalized spacial score (nSPS) is 24.0. The van der Waals surface area contributed by atoms with Crippen LogP contribution >= 0.6 is 11.3 Å². The van der Waals surface area contributed by atoms with Crippen molar-refractivity contribution >= 4 is 11.3 Å². The minimum absolute atomic E-state index is 0.623. The third kappa shape index (κ3) is 2.53. The largest absolute Gasteiger partial charge is 0.312 e. The summed E-state index contributed by atoms with van der Waals surface area (Å²) in [6, 6.07) is 0.623. The number of hydrogen-bond acceptors (Lipinski definition) is 4. The fourth-order valence-corrected chi connectivity index (χ4v) is 2.69. The molecule has 2 rings (SSSR count). The Labute approximate surface area is 89.1 Å². The predicted molar refractivity (Wildman–Crippen MR) is 59.6 cm³/mol. The first kappa shape index (κ1) is 10.1. The van der Waals surface area contributed by atoms with Gasteiger partial charge >= 0.3 is 0 Å². The third-order valence-electron chi connectivity index (χ3n) is 2.50. The van der Waals surface area contributed by atoms with Crippen molar-refractivity contribution in [3.63, 3.8) is 0 Å². The van der Waals surface area contributed by atoms with Crippen LogP contribution in [0.4, 0.5) is 0 Å². The van der Waals surface area contributed by atoms with Gasteiger partial charge in [-0.3, -0.25) is 4.90 Å². The summed E-state index contributed by atoms with van der Waals surface area (Å²) < 4.78 is 0. The van der Waals surface area contributed by atoms with Crippen molar-refractivity contribution in [1.29, 1.82) is 0 Å². The summed E-state index contributed by atoms with van der Waals surface area (Å²) in [6.45, 7) is 8.79. The van der Waals surface area contributed by atoms with Crippen molar-refractivity contribution in [2.45, 2.75) is 26.4 Å². The minimum Gasteiger partial charge on any atom is -0.312 e. The summed E-state index contributed by atoms with van der Waals surface area (Å²) in [5.41, 5.74) is 0. The highest BCUT2D eigenvalue weighted by molar-refractivity contribution is 7.11. The van der Waals surface area contributed by atoms with E-state index >= 15 is 0 Å². The van der Waals surface area contributed by atoms with Crippen LogP contribution in [0.25, 0.3) is 0 Å². The Morgan fingerprint density at radius 1 is 1.71 bits per heavy atom. The molecule has 14 heavy (non-hydrogen) atoms. The first-order chi connectivity index (χ1) is 6.74.